The quantitative estimate of drug-likeness (QED) is 0.831. The van der Waals surface area contributed by atoms with Gasteiger partial charge in [-0.05, 0) is 25.3 Å². The number of amides is 1. The average molecular weight is 344 g/mol. The molecule has 1 saturated heterocycles. The van der Waals surface area contributed by atoms with Gasteiger partial charge in [-0.1, -0.05) is 24.3 Å². The van der Waals surface area contributed by atoms with Crippen molar-refractivity contribution in [2.45, 2.75) is 25.8 Å². The number of hydrogen-bond donors (Lipinski definition) is 1. The van der Waals surface area contributed by atoms with E-state index in [0.717, 1.165) is 50.2 Å². The van der Waals surface area contributed by atoms with Gasteiger partial charge < -0.3 is 14.7 Å². The van der Waals surface area contributed by atoms with Crippen molar-refractivity contribution in [3.8, 4) is 5.75 Å². The Hall–Kier alpha value is -1.85. The third-order valence-corrected chi connectivity index (χ3v) is 5.32. The van der Waals surface area contributed by atoms with Crippen LogP contribution < -0.4 is 4.74 Å². The molecular weight excluding hydrogens is 316 g/mol. The number of fused-ring (bicyclic) bond motifs is 1. The number of piperidine rings is 1. The van der Waals surface area contributed by atoms with Gasteiger partial charge in [-0.3, -0.25) is 9.69 Å². The normalized spacial score (nSPS) is 24.1. The molecule has 5 heteroatoms. The fourth-order valence-electron chi connectivity index (χ4n) is 3.89. The van der Waals surface area contributed by atoms with Gasteiger partial charge in [-0.2, -0.15) is 0 Å². The standard InChI is InChI=1S/C20H28N2O3/c1-2-8-20(16-23)9-5-10-22(15-20)19(24)14-21-11-12-25-18-7-4-3-6-17(18)13-21/h2-4,6-7,23H,1,5,8-16H2/t20-/m0/s1. The molecular formula is C20H28N2O3. The fourth-order valence-corrected chi connectivity index (χ4v) is 3.89. The van der Waals surface area contributed by atoms with E-state index >= 15 is 0 Å². The predicted octanol–water partition coefficient (Wildman–Crippen LogP) is 2.06. The van der Waals surface area contributed by atoms with Crippen molar-refractivity contribution in [2.24, 2.45) is 5.41 Å². The molecule has 1 aromatic carbocycles. The van der Waals surface area contributed by atoms with Crippen LogP contribution >= 0.6 is 0 Å². The molecule has 0 radical (unpaired) electrons. The van der Waals surface area contributed by atoms with Gasteiger partial charge in [0.05, 0.1) is 13.2 Å². The lowest BCUT2D eigenvalue weighted by Gasteiger charge is -2.42. The Labute approximate surface area is 149 Å². The van der Waals surface area contributed by atoms with Crippen molar-refractivity contribution in [2.75, 3.05) is 39.4 Å². The first-order chi connectivity index (χ1) is 12.2. The largest absolute Gasteiger partial charge is 0.492 e. The highest BCUT2D eigenvalue weighted by Gasteiger charge is 2.36. The van der Waals surface area contributed by atoms with Crippen LogP contribution in [0.1, 0.15) is 24.8 Å². The zero-order valence-corrected chi connectivity index (χ0v) is 14.8. The second-order valence-corrected chi connectivity index (χ2v) is 7.24. The number of allylic oxidation sites excluding steroid dienone is 1. The summed E-state index contributed by atoms with van der Waals surface area (Å²) in [6.07, 6.45) is 4.49. The lowest BCUT2D eigenvalue weighted by Crippen LogP contribution is -2.50. The minimum absolute atomic E-state index is 0.105. The Morgan fingerprint density at radius 2 is 2.20 bits per heavy atom. The van der Waals surface area contributed by atoms with E-state index in [-0.39, 0.29) is 17.9 Å². The van der Waals surface area contributed by atoms with Crippen LogP contribution in [-0.2, 0) is 11.3 Å². The highest BCUT2D eigenvalue weighted by atomic mass is 16.5. The molecule has 25 heavy (non-hydrogen) atoms. The molecule has 0 bridgehead atoms. The maximum absolute atomic E-state index is 12.8. The molecule has 1 fully saturated rings. The molecule has 1 N–H and O–H groups in total. The topological polar surface area (TPSA) is 53.0 Å². The number of carbonyl (C=O) groups is 1. The number of para-hydroxylation sites is 1. The molecule has 1 amide bonds. The van der Waals surface area contributed by atoms with Crippen molar-refractivity contribution in [3.05, 3.63) is 42.5 Å². The van der Waals surface area contributed by atoms with E-state index in [1.165, 1.54) is 0 Å². The maximum Gasteiger partial charge on any atom is 0.236 e. The van der Waals surface area contributed by atoms with Crippen molar-refractivity contribution in [3.63, 3.8) is 0 Å². The second-order valence-electron chi connectivity index (χ2n) is 7.24. The molecule has 2 heterocycles. The molecule has 136 valence electrons. The molecule has 5 nitrogen and oxygen atoms in total. The number of ether oxygens (including phenoxy) is 1. The molecule has 2 aliphatic heterocycles. The van der Waals surface area contributed by atoms with E-state index in [9.17, 15) is 9.90 Å². The molecule has 0 saturated carbocycles. The number of aliphatic hydroxyl groups is 1. The number of benzene rings is 1. The Morgan fingerprint density at radius 1 is 1.36 bits per heavy atom. The minimum Gasteiger partial charge on any atom is -0.492 e. The van der Waals surface area contributed by atoms with Crippen LogP contribution in [0.2, 0.25) is 0 Å². The van der Waals surface area contributed by atoms with Crippen molar-refractivity contribution in [1.82, 2.24) is 9.80 Å². The van der Waals surface area contributed by atoms with E-state index in [1.54, 1.807) is 0 Å². The monoisotopic (exact) mass is 344 g/mol. The van der Waals surface area contributed by atoms with Crippen LogP contribution in [0.3, 0.4) is 0 Å². The summed E-state index contributed by atoms with van der Waals surface area (Å²) in [7, 11) is 0. The summed E-state index contributed by atoms with van der Waals surface area (Å²) in [4.78, 5) is 16.9. The van der Waals surface area contributed by atoms with Gasteiger partial charge >= 0.3 is 0 Å². The first kappa shape index (κ1) is 18.0. The van der Waals surface area contributed by atoms with E-state index in [2.05, 4.69) is 17.5 Å². The highest BCUT2D eigenvalue weighted by molar-refractivity contribution is 5.78. The number of nitrogens with zero attached hydrogens (tertiary/aromatic N) is 2. The number of hydrogen-bond acceptors (Lipinski definition) is 4. The molecule has 1 aromatic rings. The third-order valence-electron chi connectivity index (χ3n) is 5.32. The number of rotatable bonds is 5. The van der Waals surface area contributed by atoms with Crippen LogP contribution in [0.25, 0.3) is 0 Å². The SMILES string of the molecule is C=CC[C@]1(CO)CCCN(C(=O)CN2CCOc3ccccc3C2)C1. The summed E-state index contributed by atoms with van der Waals surface area (Å²) < 4.78 is 5.78. The van der Waals surface area contributed by atoms with Gasteiger partial charge in [-0.15, -0.1) is 6.58 Å². The lowest BCUT2D eigenvalue weighted by atomic mass is 9.78. The van der Waals surface area contributed by atoms with Gasteiger partial charge in [0.25, 0.3) is 0 Å². The van der Waals surface area contributed by atoms with Crippen LogP contribution in [0.4, 0.5) is 0 Å². The molecule has 0 aromatic heterocycles. The summed E-state index contributed by atoms with van der Waals surface area (Å²) in [5.41, 5.74) is 0.910. The summed E-state index contributed by atoms with van der Waals surface area (Å²) in [5.74, 6) is 1.06. The summed E-state index contributed by atoms with van der Waals surface area (Å²) in [6, 6.07) is 8.01. The van der Waals surface area contributed by atoms with Gasteiger partial charge in [0.2, 0.25) is 5.91 Å². The zero-order chi connectivity index (χ0) is 17.7. The molecule has 3 rings (SSSR count). The summed E-state index contributed by atoms with van der Waals surface area (Å²) in [6.45, 7) is 7.77. The maximum atomic E-state index is 12.8. The third kappa shape index (κ3) is 4.22. The van der Waals surface area contributed by atoms with Gasteiger partial charge in [-0.25, -0.2) is 0 Å². The Bertz CT molecular complexity index is 619. The van der Waals surface area contributed by atoms with Crippen LogP contribution in [0, 0.1) is 5.41 Å². The van der Waals surface area contributed by atoms with Crippen molar-refractivity contribution < 1.29 is 14.6 Å². The van der Waals surface area contributed by atoms with Crippen molar-refractivity contribution in [1.29, 1.82) is 0 Å². The van der Waals surface area contributed by atoms with E-state index < -0.39 is 0 Å². The first-order valence-electron chi connectivity index (χ1n) is 9.08. The smallest absolute Gasteiger partial charge is 0.236 e. The number of likely N-dealkylation sites (tertiary alicyclic amines) is 1. The van der Waals surface area contributed by atoms with Gasteiger partial charge in [0, 0.05) is 37.2 Å². The lowest BCUT2D eigenvalue weighted by molar-refractivity contribution is -0.136. The van der Waals surface area contributed by atoms with E-state index in [1.807, 2.05) is 29.2 Å². The van der Waals surface area contributed by atoms with Gasteiger partial charge in [0.1, 0.15) is 12.4 Å². The first-order valence-corrected chi connectivity index (χ1v) is 9.08. The second kappa shape index (κ2) is 8.02. The number of aliphatic hydroxyl groups excluding tert-OH is 1. The van der Waals surface area contributed by atoms with E-state index in [4.69, 9.17) is 4.74 Å². The molecule has 0 unspecified atom stereocenters. The Kier molecular flexibility index (Phi) is 5.76. The molecule has 1 atom stereocenters. The molecule has 0 aliphatic carbocycles. The zero-order valence-electron chi connectivity index (χ0n) is 14.8. The van der Waals surface area contributed by atoms with Crippen LogP contribution in [0.15, 0.2) is 36.9 Å². The van der Waals surface area contributed by atoms with E-state index in [0.29, 0.717) is 19.7 Å². The summed E-state index contributed by atoms with van der Waals surface area (Å²) in [5, 5.41) is 9.83. The average Bonchev–Trinajstić information content (AvgIpc) is 2.83. The van der Waals surface area contributed by atoms with Crippen LogP contribution in [-0.4, -0.2) is 60.2 Å². The molecule has 2 aliphatic rings. The summed E-state index contributed by atoms with van der Waals surface area (Å²) >= 11 is 0. The van der Waals surface area contributed by atoms with Crippen LogP contribution in [0.5, 0.6) is 5.75 Å². The number of carbonyl (C=O) groups excluding carboxylic acids is 1. The Balaban J connectivity index is 1.63. The Morgan fingerprint density at radius 3 is 3.00 bits per heavy atom. The predicted molar refractivity (Wildman–Crippen MR) is 97.4 cm³/mol. The highest BCUT2D eigenvalue weighted by Crippen LogP contribution is 2.33. The molecule has 0 spiro atoms. The van der Waals surface area contributed by atoms with Crippen molar-refractivity contribution >= 4 is 5.91 Å². The van der Waals surface area contributed by atoms with Gasteiger partial charge in [0.15, 0.2) is 0 Å². The minimum atomic E-state index is -0.218. The fraction of sp³-hybridized carbons (Fsp3) is 0.550.